The van der Waals surface area contributed by atoms with Gasteiger partial charge in [-0.05, 0) is 42.5 Å². The molecule has 4 nitrogen and oxygen atoms in total. The molecule has 0 aliphatic carbocycles. The molecule has 1 aliphatic heterocycles. The zero-order valence-corrected chi connectivity index (χ0v) is 15.5. The van der Waals surface area contributed by atoms with Gasteiger partial charge in [-0.2, -0.15) is 13.2 Å². The van der Waals surface area contributed by atoms with Gasteiger partial charge < -0.3 is 10.2 Å². The predicted octanol–water partition coefficient (Wildman–Crippen LogP) is 4.26. The molecule has 0 radical (unpaired) electrons. The number of alkyl halides is 3. The first kappa shape index (κ1) is 20.4. The number of halogens is 5. The summed E-state index contributed by atoms with van der Waals surface area (Å²) >= 11 is 5.58. The first-order chi connectivity index (χ1) is 13.2. The summed E-state index contributed by atoms with van der Waals surface area (Å²) in [7, 11) is 0. The van der Waals surface area contributed by atoms with E-state index >= 15 is 0 Å². The number of anilines is 2. The largest absolute Gasteiger partial charge is 0.417 e. The lowest BCUT2D eigenvalue weighted by Crippen LogP contribution is -2.48. The first-order valence-electron chi connectivity index (χ1n) is 8.62. The molecule has 150 valence electrons. The quantitative estimate of drug-likeness (QED) is 0.758. The molecule has 2 aromatic rings. The number of rotatable bonds is 4. The Hall–Kier alpha value is -2.32. The van der Waals surface area contributed by atoms with Crippen LogP contribution in [0.25, 0.3) is 0 Å². The zero-order valence-electron chi connectivity index (χ0n) is 14.8. The van der Waals surface area contributed by atoms with Crippen LogP contribution in [-0.2, 0) is 11.0 Å². The lowest BCUT2D eigenvalue weighted by molar-refractivity contribution is -0.137. The van der Waals surface area contributed by atoms with Crippen LogP contribution >= 0.6 is 11.6 Å². The van der Waals surface area contributed by atoms with Crippen molar-refractivity contribution in [3.63, 3.8) is 0 Å². The number of amides is 1. The number of hydrogen-bond acceptors (Lipinski definition) is 3. The van der Waals surface area contributed by atoms with E-state index in [2.05, 4.69) is 10.2 Å². The molecule has 0 bridgehead atoms. The fraction of sp³-hybridized carbons (Fsp3) is 0.316. The molecular formula is C19H18ClF4N3O. The van der Waals surface area contributed by atoms with Crippen molar-refractivity contribution in [2.24, 2.45) is 0 Å². The smallest absolute Gasteiger partial charge is 0.369 e. The molecule has 0 aromatic heterocycles. The van der Waals surface area contributed by atoms with Gasteiger partial charge in [0.2, 0.25) is 5.91 Å². The van der Waals surface area contributed by atoms with Crippen LogP contribution in [0.2, 0.25) is 5.02 Å². The molecule has 0 unspecified atom stereocenters. The second kappa shape index (κ2) is 8.36. The SMILES string of the molecule is O=C(CN1CCN(c2ccc(F)cc2)CC1)Nc1ccc(Cl)c(C(F)(F)F)c1. The maximum atomic E-state index is 13.0. The Balaban J connectivity index is 1.53. The Morgan fingerprint density at radius 2 is 1.68 bits per heavy atom. The van der Waals surface area contributed by atoms with E-state index < -0.39 is 22.7 Å². The van der Waals surface area contributed by atoms with Gasteiger partial charge in [-0.3, -0.25) is 9.69 Å². The Morgan fingerprint density at radius 3 is 2.29 bits per heavy atom. The number of carbonyl (C=O) groups excluding carboxylic acids is 1. The minimum Gasteiger partial charge on any atom is -0.369 e. The lowest BCUT2D eigenvalue weighted by Gasteiger charge is -2.35. The van der Waals surface area contributed by atoms with E-state index in [0.29, 0.717) is 26.2 Å². The lowest BCUT2D eigenvalue weighted by atomic mass is 10.2. The summed E-state index contributed by atoms with van der Waals surface area (Å²) in [6.07, 6.45) is -4.59. The highest BCUT2D eigenvalue weighted by Crippen LogP contribution is 2.36. The third kappa shape index (κ3) is 5.14. The first-order valence-corrected chi connectivity index (χ1v) is 8.99. The molecule has 1 amide bonds. The average molecular weight is 416 g/mol. The van der Waals surface area contributed by atoms with Gasteiger partial charge in [-0.15, -0.1) is 0 Å². The standard InChI is InChI=1S/C19H18ClF4N3O/c20-17-6-3-14(11-16(17)19(22,23)24)25-18(28)12-26-7-9-27(10-8-26)15-4-1-13(21)2-5-15/h1-6,11H,7-10,12H2,(H,25,28). The van der Waals surface area contributed by atoms with E-state index in [-0.39, 0.29) is 18.0 Å². The van der Waals surface area contributed by atoms with Crippen LogP contribution < -0.4 is 10.2 Å². The predicted molar refractivity (Wildman–Crippen MR) is 100 cm³/mol. The number of benzene rings is 2. The van der Waals surface area contributed by atoms with Crippen LogP contribution in [0.1, 0.15) is 5.56 Å². The Labute approximate surface area is 164 Å². The summed E-state index contributed by atoms with van der Waals surface area (Å²) in [5.41, 5.74) is -0.0297. The molecule has 1 heterocycles. The van der Waals surface area contributed by atoms with Crippen molar-refractivity contribution in [2.75, 3.05) is 42.9 Å². The fourth-order valence-electron chi connectivity index (χ4n) is 3.04. The molecule has 2 aromatic carbocycles. The van der Waals surface area contributed by atoms with Crippen LogP contribution in [0.3, 0.4) is 0 Å². The molecule has 1 fully saturated rings. The van der Waals surface area contributed by atoms with Gasteiger partial charge in [0.05, 0.1) is 17.1 Å². The molecule has 0 saturated carbocycles. The van der Waals surface area contributed by atoms with Crippen LogP contribution in [0.5, 0.6) is 0 Å². The number of nitrogens with one attached hydrogen (secondary N) is 1. The van der Waals surface area contributed by atoms with Gasteiger partial charge in [0.15, 0.2) is 0 Å². The Bertz CT molecular complexity index is 834. The number of carbonyl (C=O) groups is 1. The van der Waals surface area contributed by atoms with Gasteiger partial charge in [0, 0.05) is 37.6 Å². The van der Waals surface area contributed by atoms with Gasteiger partial charge >= 0.3 is 6.18 Å². The van der Waals surface area contributed by atoms with Crippen molar-refractivity contribution >= 4 is 28.9 Å². The summed E-state index contributed by atoms with van der Waals surface area (Å²) in [5, 5.41) is 2.07. The highest BCUT2D eigenvalue weighted by atomic mass is 35.5. The van der Waals surface area contributed by atoms with E-state index in [0.717, 1.165) is 17.8 Å². The molecule has 3 rings (SSSR count). The van der Waals surface area contributed by atoms with Crippen LogP contribution in [0.4, 0.5) is 28.9 Å². The second-order valence-electron chi connectivity index (χ2n) is 6.48. The van der Waals surface area contributed by atoms with Crippen molar-refractivity contribution in [3.8, 4) is 0 Å². The van der Waals surface area contributed by atoms with Crippen molar-refractivity contribution in [1.82, 2.24) is 4.90 Å². The molecule has 1 saturated heterocycles. The second-order valence-corrected chi connectivity index (χ2v) is 6.89. The number of piperazine rings is 1. The van der Waals surface area contributed by atoms with Crippen LogP contribution in [0, 0.1) is 5.82 Å². The van der Waals surface area contributed by atoms with Gasteiger partial charge in [-0.1, -0.05) is 11.6 Å². The van der Waals surface area contributed by atoms with E-state index in [1.54, 1.807) is 12.1 Å². The molecule has 9 heteroatoms. The maximum Gasteiger partial charge on any atom is 0.417 e. The summed E-state index contributed by atoms with van der Waals surface area (Å²) in [6, 6.07) is 9.48. The summed E-state index contributed by atoms with van der Waals surface area (Å²) < 4.78 is 51.7. The van der Waals surface area contributed by atoms with E-state index in [1.807, 2.05) is 4.90 Å². The minimum absolute atomic E-state index is 0.0478. The highest BCUT2D eigenvalue weighted by Gasteiger charge is 2.33. The Kier molecular flexibility index (Phi) is 6.10. The molecule has 0 atom stereocenters. The van der Waals surface area contributed by atoms with Crippen molar-refractivity contribution in [3.05, 3.63) is 58.9 Å². The monoisotopic (exact) mass is 415 g/mol. The zero-order chi connectivity index (χ0) is 20.3. The summed E-state index contributed by atoms with van der Waals surface area (Å²) in [6.45, 7) is 2.62. The van der Waals surface area contributed by atoms with Gasteiger partial charge in [0.25, 0.3) is 0 Å². The molecule has 1 N–H and O–H groups in total. The summed E-state index contributed by atoms with van der Waals surface area (Å²) in [4.78, 5) is 16.2. The molecule has 28 heavy (non-hydrogen) atoms. The Morgan fingerprint density at radius 1 is 1.04 bits per heavy atom. The fourth-order valence-corrected chi connectivity index (χ4v) is 3.26. The van der Waals surface area contributed by atoms with E-state index in [1.165, 1.54) is 18.2 Å². The van der Waals surface area contributed by atoms with E-state index in [4.69, 9.17) is 11.6 Å². The molecule has 0 spiro atoms. The number of nitrogens with zero attached hydrogens (tertiary/aromatic N) is 2. The normalized spacial score (nSPS) is 15.5. The maximum absolute atomic E-state index is 13.0. The van der Waals surface area contributed by atoms with Gasteiger partial charge in [-0.25, -0.2) is 4.39 Å². The number of hydrogen-bond donors (Lipinski definition) is 1. The molecule has 1 aliphatic rings. The van der Waals surface area contributed by atoms with Crippen molar-refractivity contribution in [2.45, 2.75) is 6.18 Å². The highest BCUT2D eigenvalue weighted by molar-refractivity contribution is 6.31. The third-order valence-corrected chi connectivity index (χ3v) is 4.82. The van der Waals surface area contributed by atoms with Crippen LogP contribution in [0.15, 0.2) is 42.5 Å². The average Bonchev–Trinajstić information content (AvgIpc) is 2.64. The van der Waals surface area contributed by atoms with Crippen LogP contribution in [-0.4, -0.2) is 43.5 Å². The molecular weight excluding hydrogens is 398 g/mol. The van der Waals surface area contributed by atoms with Gasteiger partial charge in [0.1, 0.15) is 5.82 Å². The summed E-state index contributed by atoms with van der Waals surface area (Å²) in [5.74, 6) is -0.694. The van der Waals surface area contributed by atoms with Crippen molar-refractivity contribution in [1.29, 1.82) is 0 Å². The van der Waals surface area contributed by atoms with E-state index in [9.17, 15) is 22.4 Å². The van der Waals surface area contributed by atoms with Crippen molar-refractivity contribution < 1.29 is 22.4 Å². The third-order valence-electron chi connectivity index (χ3n) is 4.49. The topological polar surface area (TPSA) is 35.6 Å². The minimum atomic E-state index is -4.59.